The molecule has 0 aliphatic heterocycles. The van der Waals surface area contributed by atoms with E-state index in [9.17, 15) is 9.67 Å². The van der Waals surface area contributed by atoms with Crippen molar-refractivity contribution in [3.63, 3.8) is 0 Å². The maximum atomic E-state index is 11.9. The van der Waals surface area contributed by atoms with E-state index in [0.717, 1.165) is 16.7 Å². The maximum Gasteiger partial charge on any atom is 0.511 e. The third-order valence-corrected chi connectivity index (χ3v) is 5.42. The summed E-state index contributed by atoms with van der Waals surface area (Å²) in [5.74, 6) is 0. The van der Waals surface area contributed by atoms with Gasteiger partial charge in [0.2, 0.25) is 6.16 Å². The summed E-state index contributed by atoms with van der Waals surface area (Å²) in [5.41, 5.74) is 3.08. The SMILES string of the molecule is Cc1ccc(CO[P+](=O)C[C@H](O)CNCc2ccc(Cl)c(Cl)c2)cc1. The van der Waals surface area contributed by atoms with Crippen LogP contribution in [0.2, 0.25) is 10.0 Å². The van der Waals surface area contributed by atoms with E-state index in [1.54, 1.807) is 12.1 Å². The number of aryl methyl sites for hydroxylation is 1. The molecule has 7 heteroatoms. The van der Waals surface area contributed by atoms with E-state index in [-0.39, 0.29) is 12.8 Å². The van der Waals surface area contributed by atoms with Crippen molar-refractivity contribution in [3.8, 4) is 0 Å². The van der Waals surface area contributed by atoms with E-state index in [4.69, 9.17) is 27.7 Å². The van der Waals surface area contributed by atoms with Crippen molar-refractivity contribution < 1.29 is 14.2 Å². The molecule has 2 aromatic carbocycles. The zero-order valence-corrected chi connectivity index (χ0v) is 16.3. The first-order chi connectivity index (χ1) is 11.9. The molecule has 0 heterocycles. The lowest BCUT2D eigenvalue weighted by Crippen LogP contribution is -2.28. The molecule has 2 atom stereocenters. The minimum Gasteiger partial charge on any atom is -0.387 e. The minimum atomic E-state index is -1.91. The fraction of sp³-hybridized carbons (Fsp3) is 0.333. The van der Waals surface area contributed by atoms with E-state index < -0.39 is 14.1 Å². The standard InChI is InChI=1S/C18H21Cl2NO3P/c1-13-2-4-14(5-3-13)11-24-25(23)12-16(22)10-21-9-15-6-7-17(19)18(20)8-15/h2-8,16,21-22H,9-12H2,1H3/q+1/t16-/m1/s1. The highest BCUT2D eigenvalue weighted by Crippen LogP contribution is 2.25. The van der Waals surface area contributed by atoms with Crippen molar-refractivity contribution in [3.05, 3.63) is 69.2 Å². The number of aliphatic hydroxyl groups excluding tert-OH is 1. The van der Waals surface area contributed by atoms with Gasteiger partial charge in [-0.2, -0.15) is 0 Å². The second kappa shape index (κ2) is 10.2. The van der Waals surface area contributed by atoms with E-state index in [1.807, 2.05) is 37.3 Å². The maximum absolute atomic E-state index is 11.9. The summed E-state index contributed by atoms with van der Waals surface area (Å²) in [6.45, 7) is 3.13. The van der Waals surface area contributed by atoms with Crippen LogP contribution < -0.4 is 5.32 Å². The Morgan fingerprint density at radius 3 is 2.48 bits per heavy atom. The van der Waals surface area contributed by atoms with E-state index >= 15 is 0 Å². The molecule has 0 bridgehead atoms. The molecule has 1 unspecified atom stereocenters. The lowest BCUT2D eigenvalue weighted by Gasteiger charge is -2.08. The molecule has 0 saturated carbocycles. The zero-order valence-electron chi connectivity index (χ0n) is 13.9. The summed E-state index contributed by atoms with van der Waals surface area (Å²) in [6.07, 6.45) is -0.653. The molecule has 0 aliphatic rings. The van der Waals surface area contributed by atoms with Gasteiger partial charge in [-0.15, -0.1) is 4.52 Å². The van der Waals surface area contributed by atoms with Crippen LogP contribution in [0.3, 0.4) is 0 Å². The highest BCUT2D eigenvalue weighted by atomic mass is 35.5. The zero-order chi connectivity index (χ0) is 18.2. The largest absolute Gasteiger partial charge is 0.511 e. The third-order valence-electron chi connectivity index (χ3n) is 3.55. The van der Waals surface area contributed by atoms with Crippen LogP contribution in [0, 0.1) is 6.92 Å². The monoisotopic (exact) mass is 400 g/mol. The fourth-order valence-corrected chi connectivity index (χ4v) is 3.35. The van der Waals surface area contributed by atoms with Gasteiger partial charge in [-0.3, -0.25) is 0 Å². The van der Waals surface area contributed by atoms with Crippen LogP contribution in [0.25, 0.3) is 0 Å². The van der Waals surface area contributed by atoms with Crippen LogP contribution >= 0.6 is 31.2 Å². The molecule has 0 fully saturated rings. The van der Waals surface area contributed by atoms with E-state index in [2.05, 4.69) is 5.32 Å². The predicted octanol–water partition coefficient (Wildman–Crippen LogP) is 4.71. The molecule has 0 aliphatic carbocycles. The highest BCUT2D eigenvalue weighted by molar-refractivity contribution is 7.39. The fourth-order valence-electron chi connectivity index (χ4n) is 2.15. The molecular formula is C18H21Cl2NO3P+. The number of nitrogens with one attached hydrogen (secondary N) is 1. The minimum absolute atomic E-state index is 0.0928. The van der Waals surface area contributed by atoms with E-state index in [0.29, 0.717) is 23.1 Å². The summed E-state index contributed by atoms with van der Waals surface area (Å²) >= 11 is 11.8. The Hall–Kier alpha value is -1.00. The Morgan fingerprint density at radius 1 is 1.12 bits per heavy atom. The summed E-state index contributed by atoms with van der Waals surface area (Å²) in [6, 6.07) is 13.2. The second-order valence-electron chi connectivity index (χ2n) is 5.81. The Bertz CT molecular complexity index is 710. The molecule has 25 heavy (non-hydrogen) atoms. The first-order valence-electron chi connectivity index (χ1n) is 7.90. The smallest absolute Gasteiger partial charge is 0.387 e. The first kappa shape index (κ1) is 20.3. The van der Waals surface area contributed by atoms with Crippen LogP contribution in [0.15, 0.2) is 42.5 Å². The number of halogens is 2. The topological polar surface area (TPSA) is 58.6 Å². The molecular weight excluding hydrogens is 380 g/mol. The lowest BCUT2D eigenvalue weighted by molar-refractivity contribution is 0.188. The van der Waals surface area contributed by atoms with Crippen molar-refractivity contribution in [2.45, 2.75) is 26.2 Å². The average Bonchev–Trinajstić information content (AvgIpc) is 2.57. The Kier molecular flexibility index (Phi) is 8.31. The third kappa shape index (κ3) is 7.41. The summed E-state index contributed by atoms with van der Waals surface area (Å²) in [5, 5.41) is 14.1. The van der Waals surface area contributed by atoms with Gasteiger partial charge in [0, 0.05) is 13.1 Å². The molecule has 2 N–H and O–H groups in total. The first-order valence-corrected chi connectivity index (χ1v) is 10.0. The van der Waals surface area contributed by atoms with Crippen LogP contribution in [-0.4, -0.2) is 23.9 Å². The van der Waals surface area contributed by atoms with Crippen LogP contribution in [-0.2, 0) is 22.2 Å². The molecule has 0 spiro atoms. The molecule has 2 aromatic rings. The van der Waals surface area contributed by atoms with Gasteiger partial charge in [-0.1, -0.05) is 59.1 Å². The lowest BCUT2D eigenvalue weighted by atomic mass is 10.2. The number of aliphatic hydroxyl groups is 1. The molecule has 0 radical (unpaired) electrons. The van der Waals surface area contributed by atoms with Crippen molar-refractivity contribution in [1.82, 2.24) is 5.32 Å². The highest BCUT2D eigenvalue weighted by Gasteiger charge is 2.23. The predicted molar refractivity (Wildman–Crippen MR) is 103 cm³/mol. The molecule has 0 amide bonds. The van der Waals surface area contributed by atoms with Crippen LogP contribution in [0.1, 0.15) is 16.7 Å². The Morgan fingerprint density at radius 2 is 1.80 bits per heavy atom. The quantitative estimate of drug-likeness (QED) is 0.598. The molecule has 4 nitrogen and oxygen atoms in total. The normalized spacial score (nSPS) is 12.9. The summed E-state index contributed by atoms with van der Waals surface area (Å²) in [4.78, 5) is 0. The van der Waals surface area contributed by atoms with Crippen molar-refractivity contribution >= 4 is 31.2 Å². The van der Waals surface area contributed by atoms with Gasteiger partial charge in [0.15, 0.2) is 0 Å². The molecule has 0 aromatic heterocycles. The Labute approximate surface area is 159 Å². The Balaban J connectivity index is 1.66. The van der Waals surface area contributed by atoms with Gasteiger partial charge < -0.3 is 10.4 Å². The van der Waals surface area contributed by atoms with E-state index in [1.165, 1.54) is 0 Å². The average molecular weight is 401 g/mol. The number of benzene rings is 2. The van der Waals surface area contributed by atoms with Crippen molar-refractivity contribution in [2.75, 3.05) is 12.7 Å². The number of hydrogen-bond acceptors (Lipinski definition) is 4. The second-order valence-corrected chi connectivity index (χ2v) is 7.91. The van der Waals surface area contributed by atoms with Gasteiger partial charge in [0.25, 0.3) is 0 Å². The molecule has 0 saturated heterocycles. The summed E-state index contributed by atoms with van der Waals surface area (Å²) in [7, 11) is -1.91. The van der Waals surface area contributed by atoms with Gasteiger partial charge >= 0.3 is 8.03 Å². The van der Waals surface area contributed by atoms with Gasteiger partial charge in [0.05, 0.1) is 10.0 Å². The van der Waals surface area contributed by atoms with Crippen LogP contribution in [0.4, 0.5) is 0 Å². The van der Waals surface area contributed by atoms with Gasteiger partial charge in [-0.05, 0) is 34.7 Å². The molecule has 134 valence electrons. The number of rotatable bonds is 9. The number of hydrogen-bond donors (Lipinski definition) is 2. The van der Waals surface area contributed by atoms with Crippen molar-refractivity contribution in [2.24, 2.45) is 0 Å². The van der Waals surface area contributed by atoms with Crippen LogP contribution in [0.5, 0.6) is 0 Å². The summed E-state index contributed by atoms with van der Waals surface area (Å²) < 4.78 is 17.2. The van der Waals surface area contributed by atoms with Gasteiger partial charge in [0.1, 0.15) is 12.7 Å². The van der Waals surface area contributed by atoms with Crippen molar-refractivity contribution in [1.29, 1.82) is 0 Å². The van der Waals surface area contributed by atoms with Gasteiger partial charge in [-0.25, -0.2) is 0 Å². The molecule has 2 rings (SSSR count).